The number of hydrogen-bond acceptors (Lipinski definition) is 3. The molecule has 1 aliphatic rings. The lowest BCUT2D eigenvalue weighted by atomic mass is 10.2. The van der Waals surface area contributed by atoms with Crippen LogP contribution in [0.5, 0.6) is 0 Å². The van der Waals surface area contributed by atoms with Crippen molar-refractivity contribution < 1.29 is 4.79 Å². The van der Waals surface area contributed by atoms with Crippen molar-refractivity contribution in [3.05, 3.63) is 29.8 Å². The number of benzene rings is 1. The topological polar surface area (TPSA) is 58.4 Å². The van der Waals surface area contributed by atoms with E-state index in [2.05, 4.69) is 10.2 Å². The summed E-state index contributed by atoms with van der Waals surface area (Å²) >= 11 is 0. The lowest BCUT2D eigenvalue weighted by Crippen LogP contribution is -2.22. The predicted molar refractivity (Wildman–Crippen MR) is 77.9 cm³/mol. The maximum absolute atomic E-state index is 11.8. The van der Waals surface area contributed by atoms with Gasteiger partial charge in [0.2, 0.25) is 5.91 Å². The highest BCUT2D eigenvalue weighted by Gasteiger charge is 2.11. The number of amides is 1. The Morgan fingerprint density at radius 2 is 2.11 bits per heavy atom. The molecule has 4 nitrogen and oxygen atoms in total. The van der Waals surface area contributed by atoms with Crippen LogP contribution in [0.1, 0.15) is 31.2 Å². The third-order valence-corrected chi connectivity index (χ3v) is 3.52. The van der Waals surface area contributed by atoms with Gasteiger partial charge in [-0.05, 0) is 56.6 Å². The van der Waals surface area contributed by atoms with Gasteiger partial charge in [-0.25, -0.2) is 0 Å². The Morgan fingerprint density at radius 1 is 1.32 bits per heavy atom. The van der Waals surface area contributed by atoms with Gasteiger partial charge >= 0.3 is 0 Å². The van der Waals surface area contributed by atoms with Gasteiger partial charge in [0.15, 0.2) is 0 Å². The maximum Gasteiger partial charge on any atom is 0.224 e. The number of nitrogens with one attached hydrogen (secondary N) is 1. The number of rotatable bonds is 6. The van der Waals surface area contributed by atoms with Gasteiger partial charge < -0.3 is 16.0 Å². The van der Waals surface area contributed by atoms with Crippen LogP contribution >= 0.6 is 0 Å². The molecule has 0 aromatic heterocycles. The van der Waals surface area contributed by atoms with Crippen molar-refractivity contribution in [3.63, 3.8) is 0 Å². The largest absolute Gasteiger partial charge is 0.326 e. The molecule has 1 heterocycles. The van der Waals surface area contributed by atoms with E-state index < -0.39 is 0 Å². The van der Waals surface area contributed by atoms with Crippen LogP contribution in [0.15, 0.2) is 24.3 Å². The SMILES string of the molecule is NCc1cccc(NC(=O)CCCN2CCCC2)c1. The van der Waals surface area contributed by atoms with E-state index in [0.29, 0.717) is 13.0 Å². The Bertz CT molecular complexity index is 414. The van der Waals surface area contributed by atoms with E-state index in [1.54, 1.807) is 0 Å². The molecule has 1 aromatic carbocycles. The van der Waals surface area contributed by atoms with Crippen molar-refractivity contribution in [2.24, 2.45) is 5.73 Å². The summed E-state index contributed by atoms with van der Waals surface area (Å²) in [5, 5.41) is 2.93. The van der Waals surface area contributed by atoms with E-state index in [-0.39, 0.29) is 5.91 Å². The molecule has 0 radical (unpaired) electrons. The van der Waals surface area contributed by atoms with Gasteiger partial charge in [-0.3, -0.25) is 4.79 Å². The molecule has 0 bridgehead atoms. The van der Waals surface area contributed by atoms with Crippen LogP contribution in [-0.4, -0.2) is 30.4 Å². The number of hydrogen-bond donors (Lipinski definition) is 2. The van der Waals surface area contributed by atoms with Gasteiger partial charge in [0, 0.05) is 18.7 Å². The summed E-state index contributed by atoms with van der Waals surface area (Å²) in [4.78, 5) is 14.3. The molecule has 2 rings (SSSR count). The van der Waals surface area contributed by atoms with Crippen LogP contribution in [0.2, 0.25) is 0 Å². The second kappa shape index (κ2) is 7.26. The summed E-state index contributed by atoms with van der Waals surface area (Å²) < 4.78 is 0. The summed E-state index contributed by atoms with van der Waals surface area (Å²) in [6.45, 7) is 3.93. The highest BCUT2D eigenvalue weighted by Crippen LogP contribution is 2.12. The Kier molecular flexibility index (Phi) is 5.36. The minimum absolute atomic E-state index is 0.0911. The molecular weight excluding hydrogens is 238 g/mol. The first-order chi connectivity index (χ1) is 9.28. The molecule has 104 valence electrons. The smallest absolute Gasteiger partial charge is 0.224 e. The Hall–Kier alpha value is -1.39. The average molecular weight is 261 g/mol. The summed E-state index contributed by atoms with van der Waals surface area (Å²) in [6, 6.07) is 7.71. The van der Waals surface area contributed by atoms with E-state index in [1.165, 1.54) is 25.9 Å². The number of nitrogens with zero attached hydrogens (tertiary/aromatic N) is 1. The molecule has 0 spiro atoms. The number of nitrogens with two attached hydrogens (primary N) is 1. The normalized spacial score (nSPS) is 15.6. The fourth-order valence-electron chi connectivity index (χ4n) is 2.47. The molecule has 4 heteroatoms. The molecule has 0 aliphatic carbocycles. The molecule has 19 heavy (non-hydrogen) atoms. The molecular formula is C15H23N3O. The van der Waals surface area contributed by atoms with E-state index in [1.807, 2.05) is 24.3 Å². The second-order valence-electron chi connectivity index (χ2n) is 5.10. The van der Waals surface area contributed by atoms with Crippen LogP contribution in [0.4, 0.5) is 5.69 Å². The molecule has 1 aliphatic heterocycles. The molecule has 1 aromatic rings. The fourth-order valence-corrected chi connectivity index (χ4v) is 2.47. The van der Waals surface area contributed by atoms with E-state index in [4.69, 9.17) is 5.73 Å². The quantitative estimate of drug-likeness (QED) is 0.823. The number of likely N-dealkylation sites (tertiary alicyclic amines) is 1. The van der Waals surface area contributed by atoms with Crippen molar-refractivity contribution in [1.29, 1.82) is 0 Å². The maximum atomic E-state index is 11.8. The number of carbonyl (C=O) groups is 1. The third kappa shape index (κ3) is 4.65. The first kappa shape index (κ1) is 14.0. The average Bonchev–Trinajstić information content (AvgIpc) is 2.92. The fraction of sp³-hybridized carbons (Fsp3) is 0.533. The molecule has 1 saturated heterocycles. The van der Waals surface area contributed by atoms with Crippen LogP contribution in [0.3, 0.4) is 0 Å². The molecule has 0 saturated carbocycles. The van der Waals surface area contributed by atoms with E-state index >= 15 is 0 Å². The van der Waals surface area contributed by atoms with E-state index in [9.17, 15) is 4.79 Å². The first-order valence-electron chi connectivity index (χ1n) is 7.09. The van der Waals surface area contributed by atoms with Gasteiger partial charge in [0.1, 0.15) is 0 Å². The third-order valence-electron chi connectivity index (χ3n) is 3.52. The first-order valence-corrected chi connectivity index (χ1v) is 7.09. The molecule has 0 unspecified atom stereocenters. The predicted octanol–water partition coefficient (Wildman–Crippen LogP) is 1.96. The van der Waals surface area contributed by atoms with Crippen molar-refractivity contribution >= 4 is 11.6 Å². The van der Waals surface area contributed by atoms with Crippen molar-refractivity contribution in [3.8, 4) is 0 Å². The summed E-state index contributed by atoms with van der Waals surface area (Å²) in [5.41, 5.74) is 7.46. The summed E-state index contributed by atoms with van der Waals surface area (Å²) in [5.74, 6) is 0.0911. The minimum Gasteiger partial charge on any atom is -0.326 e. The van der Waals surface area contributed by atoms with Crippen molar-refractivity contribution in [2.75, 3.05) is 25.0 Å². The Labute approximate surface area is 115 Å². The number of anilines is 1. The summed E-state index contributed by atoms with van der Waals surface area (Å²) in [7, 11) is 0. The van der Waals surface area contributed by atoms with Gasteiger partial charge in [-0.15, -0.1) is 0 Å². The standard InChI is InChI=1S/C15H23N3O/c16-12-13-5-3-6-14(11-13)17-15(19)7-4-10-18-8-1-2-9-18/h3,5-6,11H,1-2,4,7-10,12,16H2,(H,17,19). The summed E-state index contributed by atoms with van der Waals surface area (Å²) in [6.07, 6.45) is 4.13. The molecule has 1 fully saturated rings. The highest BCUT2D eigenvalue weighted by molar-refractivity contribution is 5.90. The van der Waals surface area contributed by atoms with Crippen LogP contribution in [0.25, 0.3) is 0 Å². The monoisotopic (exact) mass is 261 g/mol. The highest BCUT2D eigenvalue weighted by atomic mass is 16.1. The molecule has 3 N–H and O–H groups in total. The van der Waals surface area contributed by atoms with Crippen molar-refractivity contribution in [2.45, 2.75) is 32.2 Å². The van der Waals surface area contributed by atoms with Gasteiger partial charge in [0.25, 0.3) is 0 Å². The molecule has 0 atom stereocenters. The lowest BCUT2D eigenvalue weighted by Gasteiger charge is -2.13. The zero-order valence-corrected chi connectivity index (χ0v) is 11.4. The van der Waals surface area contributed by atoms with Crippen molar-refractivity contribution in [1.82, 2.24) is 4.90 Å². The van der Waals surface area contributed by atoms with Gasteiger partial charge in [0.05, 0.1) is 0 Å². The van der Waals surface area contributed by atoms with Crippen LogP contribution in [0, 0.1) is 0 Å². The molecule has 1 amide bonds. The van der Waals surface area contributed by atoms with Crippen LogP contribution < -0.4 is 11.1 Å². The lowest BCUT2D eigenvalue weighted by molar-refractivity contribution is -0.116. The van der Waals surface area contributed by atoms with Gasteiger partial charge in [-0.2, -0.15) is 0 Å². The number of carbonyl (C=O) groups excluding carboxylic acids is 1. The second-order valence-corrected chi connectivity index (χ2v) is 5.10. The zero-order chi connectivity index (χ0) is 13.5. The van der Waals surface area contributed by atoms with Gasteiger partial charge in [-0.1, -0.05) is 12.1 Å². The Morgan fingerprint density at radius 3 is 2.84 bits per heavy atom. The zero-order valence-electron chi connectivity index (χ0n) is 11.4. The Balaban J connectivity index is 1.70. The van der Waals surface area contributed by atoms with Crippen LogP contribution in [-0.2, 0) is 11.3 Å². The van der Waals surface area contributed by atoms with E-state index in [0.717, 1.165) is 24.2 Å². The minimum atomic E-state index is 0.0911.